The molecule has 1 heterocycles. The first-order valence-electron chi connectivity index (χ1n) is 4.26. The summed E-state index contributed by atoms with van der Waals surface area (Å²) in [5.41, 5.74) is 1.19. The molecule has 0 aliphatic rings. The van der Waals surface area contributed by atoms with Crippen LogP contribution in [-0.4, -0.2) is 10.5 Å². The van der Waals surface area contributed by atoms with E-state index in [1.54, 1.807) is 17.6 Å². The van der Waals surface area contributed by atoms with Crippen molar-refractivity contribution in [3.05, 3.63) is 42.5 Å². The second kappa shape index (κ2) is 4.07. The summed E-state index contributed by atoms with van der Waals surface area (Å²) in [5.74, 6) is 0. The maximum absolute atomic E-state index is 11.2. The summed E-state index contributed by atoms with van der Waals surface area (Å²) in [4.78, 5) is 1.18. The van der Waals surface area contributed by atoms with Gasteiger partial charge >= 0.3 is 0 Å². The van der Waals surface area contributed by atoms with E-state index >= 15 is 0 Å². The Hall–Kier alpha value is -0.930. The van der Waals surface area contributed by atoms with Crippen LogP contribution in [0, 0.1) is 0 Å². The van der Waals surface area contributed by atoms with E-state index in [4.69, 9.17) is 0 Å². The average Bonchev–Trinajstić information content (AvgIpc) is 2.68. The molecule has 0 N–H and O–H groups in total. The monoisotopic (exact) mass is 222 g/mol. The van der Waals surface area contributed by atoms with Crippen molar-refractivity contribution in [1.29, 1.82) is 0 Å². The largest absolute Gasteiger partial charge is 0.254 e. The summed E-state index contributed by atoms with van der Waals surface area (Å²) in [6.45, 7) is 0. The zero-order valence-electron chi connectivity index (χ0n) is 7.77. The van der Waals surface area contributed by atoms with E-state index in [9.17, 15) is 4.21 Å². The van der Waals surface area contributed by atoms with Crippen molar-refractivity contribution in [3.8, 4) is 10.4 Å². The van der Waals surface area contributed by atoms with Crippen molar-refractivity contribution >= 4 is 22.1 Å². The zero-order valence-corrected chi connectivity index (χ0v) is 9.40. The Balaban J connectivity index is 2.39. The van der Waals surface area contributed by atoms with Crippen molar-refractivity contribution in [2.24, 2.45) is 0 Å². The van der Waals surface area contributed by atoms with E-state index in [0.29, 0.717) is 0 Å². The summed E-state index contributed by atoms with van der Waals surface area (Å²) in [6, 6.07) is 14.1. The van der Waals surface area contributed by atoms with Crippen LogP contribution in [0.25, 0.3) is 10.4 Å². The zero-order chi connectivity index (χ0) is 9.97. The molecule has 0 saturated heterocycles. The summed E-state index contributed by atoms with van der Waals surface area (Å²) >= 11 is 1.59. The van der Waals surface area contributed by atoms with E-state index in [-0.39, 0.29) is 0 Å². The Morgan fingerprint density at radius 2 is 1.79 bits per heavy atom. The van der Waals surface area contributed by atoms with Crippen LogP contribution in [0.2, 0.25) is 0 Å². The molecule has 2 rings (SSSR count). The van der Waals surface area contributed by atoms with Crippen LogP contribution >= 0.6 is 11.3 Å². The second-order valence-electron chi connectivity index (χ2n) is 2.94. The quantitative estimate of drug-likeness (QED) is 0.763. The van der Waals surface area contributed by atoms with E-state index in [2.05, 4.69) is 12.1 Å². The number of benzene rings is 1. The van der Waals surface area contributed by atoms with Gasteiger partial charge in [-0.25, -0.2) is 0 Å². The number of rotatable bonds is 2. The van der Waals surface area contributed by atoms with Crippen LogP contribution in [0.3, 0.4) is 0 Å². The SMILES string of the molecule is CS(=O)c1ccc(-c2ccccc2)s1. The number of hydrogen-bond acceptors (Lipinski definition) is 2. The first-order chi connectivity index (χ1) is 6.77. The third-order valence-electron chi connectivity index (χ3n) is 1.92. The molecule has 0 radical (unpaired) electrons. The summed E-state index contributed by atoms with van der Waals surface area (Å²) in [7, 11) is -0.863. The van der Waals surface area contributed by atoms with Gasteiger partial charge in [-0.3, -0.25) is 4.21 Å². The average molecular weight is 222 g/mol. The first kappa shape index (κ1) is 9.62. The fourth-order valence-electron chi connectivity index (χ4n) is 1.23. The molecule has 0 aliphatic carbocycles. The standard InChI is InChI=1S/C11H10OS2/c1-14(12)11-8-7-10(13-11)9-5-3-2-4-6-9/h2-8H,1H3. The molecule has 1 unspecified atom stereocenters. The molecule has 0 saturated carbocycles. The molecule has 1 aromatic carbocycles. The second-order valence-corrected chi connectivity index (χ2v) is 5.63. The molecule has 0 aliphatic heterocycles. The smallest absolute Gasteiger partial charge is 0.0914 e. The van der Waals surface area contributed by atoms with Gasteiger partial charge in [-0.1, -0.05) is 30.3 Å². The molecular weight excluding hydrogens is 212 g/mol. The van der Waals surface area contributed by atoms with E-state index in [1.165, 1.54) is 10.4 Å². The highest BCUT2D eigenvalue weighted by Gasteiger charge is 2.04. The molecule has 1 nitrogen and oxygen atoms in total. The Kier molecular flexibility index (Phi) is 2.79. The van der Waals surface area contributed by atoms with Crippen molar-refractivity contribution in [2.75, 3.05) is 6.26 Å². The molecule has 2 aromatic rings. The van der Waals surface area contributed by atoms with Gasteiger partial charge in [-0.2, -0.15) is 0 Å². The summed E-state index contributed by atoms with van der Waals surface area (Å²) in [5, 5.41) is 0. The van der Waals surface area contributed by atoms with Gasteiger partial charge in [0.25, 0.3) is 0 Å². The first-order valence-corrected chi connectivity index (χ1v) is 6.63. The summed E-state index contributed by atoms with van der Waals surface area (Å²) in [6.07, 6.45) is 1.71. The lowest BCUT2D eigenvalue weighted by Crippen LogP contribution is -1.78. The van der Waals surface area contributed by atoms with Crippen molar-refractivity contribution in [3.63, 3.8) is 0 Å². The summed E-state index contributed by atoms with van der Waals surface area (Å²) < 4.78 is 12.1. The molecule has 0 fully saturated rings. The Morgan fingerprint density at radius 3 is 2.36 bits per heavy atom. The minimum absolute atomic E-state index is 0.863. The van der Waals surface area contributed by atoms with E-state index in [1.807, 2.05) is 30.3 Å². The maximum Gasteiger partial charge on any atom is 0.0914 e. The number of thiophene rings is 1. The van der Waals surface area contributed by atoms with Gasteiger partial charge in [-0.15, -0.1) is 11.3 Å². The van der Waals surface area contributed by atoms with Gasteiger partial charge < -0.3 is 0 Å². The van der Waals surface area contributed by atoms with Crippen LogP contribution in [0.1, 0.15) is 0 Å². The predicted molar refractivity (Wildman–Crippen MR) is 62.1 cm³/mol. The van der Waals surface area contributed by atoms with Crippen LogP contribution in [-0.2, 0) is 10.8 Å². The van der Waals surface area contributed by atoms with Crippen LogP contribution in [0.5, 0.6) is 0 Å². The molecule has 3 heteroatoms. The molecular formula is C11H10OS2. The lowest BCUT2D eigenvalue weighted by atomic mass is 10.2. The highest BCUT2D eigenvalue weighted by atomic mass is 32.2. The molecule has 0 amide bonds. The topological polar surface area (TPSA) is 17.1 Å². The fourth-order valence-corrected chi connectivity index (χ4v) is 2.97. The molecule has 72 valence electrons. The molecule has 0 bridgehead atoms. The number of hydrogen-bond donors (Lipinski definition) is 0. The van der Waals surface area contributed by atoms with Gasteiger partial charge in [0, 0.05) is 11.1 Å². The van der Waals surface area contributed by atoms with Crippen molar-refractivity contribution < 1.29 is 4.21 Å². The third kappa shape index (κ3) is 1.94. The van der Waals surface area contributed by atoms with Crippen LogP contribution in [0.4, 0.5) is 0 Å². The van der Waals surface area contributed by atoms with Crippen molar-refractivity contribution in [2.45, 2.75) is 4.21 Å². The van der Waals surface area contributed by atoms with E-state index in [0.717, 1.165) is 4.21 Å². The lowest BCUT2D eigenvalue weighted by Gasteiger charge is -1.94. The molecule has 1 atom stereocenters. The minimum Gasteiger partial charge on any atom is -0.254 e. The normalized spacial score (nSPS) is 12.6. The van der Waals surface area contributed by atoms with Crippen molar-refractivity contribution in [1.82, 2.24) is 0 Å². The third-order valence-corrected chi connectivity index (χ3v) is 4.51. The predicted octanol–water partition coefficient (Wildman–Crippen LogP) is 3.15. The Labute approximate surface area is 89.9 Å². The highest BCUT2D eigenvalue weighted by Crippen LogP contribution is 2.29. The lowest BCUT2D eigenvalue weighted by molar-refractivity contribution is 0.688. The highest BCUT2D eigenvalue weighted by molar-refractivity contribution is 7.86. The van der Waals surface area contributed by atoms with E-state index < -0.39 is 10.8 Å². The van der Waals surface area contributed by atoms with Crippen LogP contribution < -0.4 is 0 Å². The Morgan fingerprint density at radius 1 is 1.07 bits per heavy atom. The van der Waals surface area contributed by atoms with Gasteiger partial charge in [0.2, 0.25) is 0 Å². The van der Waals surface area contributed by atoms with Gasteiger partial charge in [0.05, 0.1) is 15.0 Å². The van der Waals surface area contributed by atoms with Gasteiger partial charge in [0.1, 0.15) is 0 Å². The fraction of sp³-hybridized carbons (Fsp3) is 0.0909. The Bertz CT molecular complexity index is 445. The van der Waals surface area contributed by atoms with Crippen LogP contribution in [0.15, 0.2) is 46.7 Å². The minimum atomic E-state index is -0.863. The maximum atomic E-state index is 11.2. The van der Waals surface area contributed by atoms with Gasteiger partial charge in [0.15, 0.2) is 0 Å². The molecule has 1 aromatic heterocycles. The molecule has 0 spiro atoms. The van der Waals surface area contributed by atoms with Gasteiger partial charge in [-0.05, 0) is 17.7 Å². The molecule has 14 heavy (non-hydrogen) atoms.